The Morgan fingerprint density at radius 2 is 1.95 bits per heavy atom. The van der Waals surface area contributed by atoms with Gasteiger partial charge in [-0.3, -0.25) is 4.79 Å². The van der Waals surface area contributed by atoms with Gasteiger partial charge in [-0.15, -0.1) is 0 Å². The van der Waals surface area contributed by atoms with Crippen LogP contribution in [0.4, 0.5) is 4.39 Å². The molecule has 0 saturated carbocycles. The largest absolute Gasteiger partial charge is 0.489 e. The van der Waals surface area contributed by atoms with Crippen LogP contribution in [0.2, 0.25) is 0 Å². The Morgan fingerprint density at radius 1 is 1.20 bits per heavy atom. The predicted octanol–water partition coefficient (Wildman–Crippen LogP) is 3.15. The van der Waals surface area contributed by atoms with Crippen molar-refractivity contribution in [2.24, 2.45) is 0 Å². The number of nitrogens with one attached hydrogen (secondary N) is 1. The van der Waals surface area contributed by atoms with Gasteiger partial charge in [0.15, 0.2) is 0 Å². The molecule has 0 aliphatic carbocycles. The second-order valence-corrected chi connectivity index (χ2v) is 4.28. The molecule has 0 saturated heterocycles. The van der Waals surface area contributed by atoms with Crippen LogP contribution in [-0.2, 0) is 6.61 Å². The molecule has 0 bridgehead atoms. The molecular formula is C16H16FNO2. The van der Waals surface area contributed by atoms with Gasteiger partial charge in [-0.25, -0.2) is 4.39 Å². The highest BCUT2D eigenvalue weighted by molar-refractivity contribution is 5.94. The van der Waals surface area contributed by atoms with Crippen molar-refractivity contribution in [1.29, 1.82) is 0 Å². The molecule has 0 aliphatic rings. The standard InChI is InChI=1S/C16H16FNO2/c1-2-18-16(19)14-10-13(8-9-15(14)17)20-11-12-6-4-3-5-7-12/h3-10H,2,11H2,1H3,(H,18,19). The van der Waals surface area contributed by atoms with Crippen molar-refractivity contribution in [3.8, 4) is 5.75 Å². The Morgan fingerprint density at radius 3 is 2.65 bits per heavy atom. The van der Waals surface area contributed by atoms with Crippen LogP contribution in [0.3, 0.4) is 0 Å². The molecule has 3 nitrogen and oxygen atoms in total. The maximum atomic E-state index is 13.6. The molecule has 1 N–H and O–H groups in total. The number of rotatable bonds is 5. The minimum Gasteiger partial charge on any atom is -0.489 e. The average Bonchev–Trinajstić information content (AvgIpc) is 2.47. The molecule has 1 amide bonds. The quantitative estimate of drug-likeness (QED) is 0.908. The van der Waals surface area contributed by atoms with Crippen molar-refractivity contribution in [3.05, 3.63) is 65.5 Å². The number of carbonyl (C=O) groups is 1. The summed E-state index contributed by atoms with van der Waals surface area (Å²) >= 11 is 0. The Bertz CT molecular complexity index is 584. The fraction of sp³-hybridized carbons (Fsp3) is 0.188. The van der Waals surface area contributed by atoms with Gasteiger partial charge in [0.2, 0.25) is 0 Å². The first-order valence-electron chi connectivity index (χ1n) is 6.45. The smallest absolute Gasteiger partial charge is 0.254 e. The molecule has 4 heteroatoms. The van der Waals surface area contributed by atoms with E-state index < -0.39 is 11.7 Å². The van der Waals surface area contributed by atoms with E-state index in [-0.39, 0.29) is 5.56 Å². The lowest BCUT2D eigenvalue weighted by molar-refractivity contribution is 0.0951. The lowest BCUT2D eigenvalue weighted by Gasteiger charge is -2.09. The third-order valence-electron chi connectivity index (χ3n) is 2.77. The number of ether oxygens (including phenoxy) is 1. The third-order valence-corrected chi connectivity index (χ3v) is 2.77. The predicted molar refractivity (Wildman–Crippen MR) is 75.2 cm³/mol. The lowest BCUT2D eigenvalue weighted by atomic mass is 10.2. The number of benzene rings is 2. The first kappa shape index (κ1) is 14.1. The first-order valence-corrected chi connectivity index (χ1v) is 6.45. The van der Waals surface area contributed by atoms with Crippen LogP contribution in [0.25, 0.3) is 0 Å². The van der Waals surface area contributed by atoms with Crippen LogP contribution in [0.15, 0.2) is 48.5 Å². The van der Waals surface area contributed by atoms with Crippen molar-refractivity contribution in [3.63, 3.8) is 0 Å². The van der Waals surface area contributed by atoms with Gasteiger partial charge in [0.25, 0.3) is 5.91 Å². The second kappa shape index (κ2) is 6.70. The van der Waals surface area contributed by atoms with Gasteiger partial charge in [-0.05, 0) is 30.7 Å². The van der Waals surface area contributed by atoms with Crippen LogP contribution in [0.1, 0.15) is 22.8 Å². The van der Waals surface area contributed by atoms with Gasteiger partial charge in [0, 0.05) is 6.54 Å². The minimum absolute atomic E-state index is 0.00240. The zero-order chi connectivity index (χ0) is 14.4. The number of amides is 1. The highest BCUT2D eigenvalue weighted by atomic mass is 19.1. The number of hydrogen-bond donors (Lipinski definition) is 1. The zero-order valence-corrected chi connectivity index (χ0v) is 11.2. The van der Waals surface area contributed by atoms with Gasteiger partial charge >= 0.3 is 0 Å². The van der Waals surface area contributed by atoms with E-state index in [0.29, 0.717) is 18.9 Å². The van der Waals surface area contributed by atoms with Crippen molar-refractivity contribution >= 4 is 5.91 Å². The molecule has 104 valence electrons. The fourth-order valence-corrected chi connectivity index (χ4v) is 1.76. The molecule has 0 fully saturated rings. The first-order chi connectivity index (χ1) is 9.70. The van der Waals surface area contributed by atoms with E-state index in [1.165, 1.54) is 18.2 Å². The van der Waals surface area contributed by atoms with E-state index in [1.807, 2.05) is 30.3 Å². The van der Waals surface area contributed by atoms with Gasteiger partial charge < -0.3 is 10.1 Å². The normalized spacial score (nSPS) is 10.1. The van der Waals surface area contributed by atoms with Crippen molar-refractivity contribution < 1.29 is 13.9 Å². The van der Waals surface area contributed by atoms with Gasteiger partial charge in [-0.2, -0.15) is 0 Å². The van der Waals surface area contributed by atoms with Crippen molar-refractivity contribution in [2.75, 3.05) is 6.54 Å². The SMILES string of the molecule is CCNC(=O)c1cc(OCc2ccccc2)ccc1F. The van der Waals surface area contributed by atoms with Crippen LogP contribution >= 0.6 is 0 Å². The van der Waals surface area contributed by atoms with E-state index in [4.69, 9.17) is 4.74 Å². The summed E-state index contributed by atoms with van der Waals surface area (Å²) in [5, 5.41) is 2.57. The number of hydrogen-bond acceptors (Lipinski definition) is 2. The Labute approximate surface area is 117 Å². The Kier molecular flexibility index (Phi) is 4.71. The van der Waals surface area contributed by atoms with Crippen molar-refractivity contribution in [2.45, 2.75) is 13.5 Å². The van der Waals surface area contributed by atoms with E-state index in [1.54, 1.807) is 6.92 Å². The summed E-state index contributed by atoms with van der Waals surface area (Å²) in [6.45, 7) is 2.61. The molecule has 2 rings (SSSR count). The monoisotopic (exact) mass is 273 g/mol. The summed E-state index contributed by atoms with van der Waals surface area (Å²) in [6.07, 6.45) is 0. The van der Waals surface area contributed by atoms with E-state index >= 15 is 0 Å². The number of carbonyl (C=O) groups excluding carboxylic acids is 1. The van der Waals surface area contributed by atoms with E-state index in [9.17, 15) is 9.18 Å². The van der Waals surface area contributed by atoms with Gasteiger partial charge in [0.05, 0.1) is 5.56 Å². The molecule has 0 atom stereocenters. The van der Waals surface area contributed by atoms with E-state index in [0.717, 1.165) is 5.56 Å². The van der Waals surface area contributed by atoms with Crippen LogP contribution in [0.5, 0.6) is 5.75 Å². The summed E-state index contributed by atoms with van der Waals surface area (Å²) in [5.74, 6) is -0.519. The molecule has 0 aromatic heterocycles. The van der Waals surface area contributed by atoms with E-state index in [2.05, 4.69) is 5.32 Å². The second-order valence-electron chi connectivity index (χ2n) is 4.28. The highest BCUT2D eigenvalue weighted by Gasteiger charge is 2.12. The number of halogens is 1. The summed E-state index contributed by atoms with van der Waals surface area (Å²) in [6, 6.07) is 13.8. The molecular weight excluding hydrogens is 257 g/mol. The fourth-order valence-electron chi connectivity index (χ4n) is 1.76. The lowest BCUT2D eigenvalue weighted by Crippen LogP contribution is -2.23. The summed E-state index contributed by atoms with van der Waals surface area (Å²) in [4.78, 5) is 11.7. The zero-order valence-electron chi connectivity index (χ0n) is 11.2. The Hall–Kier alpha value is -2.36. The van der Waals surface area contributed by atoms with Crippen LogP contribution < -0.4 is 10.1 Å². The maximum absolute atomic E-state index is 13.6. The van der Waals surface area contributed by atoms with Crippen LogP contribution in [-0.4, -0.2) is 12.5 Å². The highest BCUT2D eigenvalue weighted by Crippen LogP contribution is 2.18. The van der Waals surface area contributed by atoms with Crippen LogP contribution in [0, 0.1) is 5.82 Å². The third kappa shape index (κ3) is 3.57. The molecule has 0 radical (unpaired) electrons. The molecule has 2 aromatic carbocycles. The summed E-state index contributed by atoms with van der Waals surface area (Å²) in [5.41, 5.74) is 1.01. The topological polar surface area (TPSA) is 38.3 Å². The molecule has 2 aromatic rings. The molecule has 0 unspecified atom stereocenters. The maximum Gasteiger partial charge on any atom is 0.254 e. The van der Waals surface area contributed by atoms with Gasteiger partial charge in [0.1, 0.15) is 18.2 Å². The molecule has 0 aliphatic heterocycles. The average molecular weight is 273 g/mol. The summed E-state index contributed by atoms with van der Waals surface area (Å²) < 4.78 is 19.2. The molecule has 0 spiro atoms. The minimum atomic E-state index is -0.553. The van der Waals surface area contributed by atoms with Crippen molar-refractivity contribution in [1.82, 2.24) is 5.32 Å². The Balaban J connectivity index is 2.09. The summed E-state index contributed by atoms with van der Waals surface area (Å²) in [7, 11) is 0. The molecule has 0 heterocycles. The van der Waals surface area contributed by atoms with Gasteiger partial charge in [-0.1, -0.05) is 30.3 Å². The molecule has 20 heavy (non-hydrogen) atoms.